The van der Waals surface area contributed by atoms with Crippen molar-refractivity contribution in [3.63, 3.8) is 0 Å². The van der Waals surface area contributed by atoms with Crippen LogP contribution in [0.25, 0.3) is 0 Å². The highest BCUT2D eigenvalue weighted by atomic mass is 16.5. The van der Waals surface area contributed by atoms with Crippen molar-refractivity contribution in [3.8, 4) is 0 Å². The maximum absolute atomic E-state index is 12.3. The molecule has 0 amide bonds. The standard InChI is InChI=1S/C15H27NO3/c1-4-18-13(17)15(8-7-14(2,3)11-15)16-10-12-6-5-9-19-12/h12,16H,4-11H2,1-3H3. The molecular formula is C15H27NO3. The van der Waals surface area contributed by atoms with Crippen LogP contribution < -0.4 is 5.32 Å². The molecule has 0 radical (unpaired) electrons. The smallest absolute Gasteiger partial charge is 0.326 e. The van der Waals surface area contributed by atoms with Gasteiger partial charge in [-0.05, 0) is 44.4 Å². The monoisotopic (exact) mass is 269 g/mol. The van der Waals surface area contributed by atoms with Crippen molar-refractivity contribution in [3.05, 3.63) is 0 Å². The molecule has 4 heteroatoms. The fourth-order valence-electron chi connectivity index (χ4n) is 3.33. The number of carbonyl (C=O) groups is 1. The van der Waals surface area contributed by atoms with E-state index in [4.69, 9.17) is 9.47 Å². The van der Waals surface area contributed by atoms with Gasteiger partial charge in [0.25, 0.3) is 0 Å². The SMILES string of the molecule is CCOC(=O)C1(NCC2CCCO2)CCC(C)(C)C1. The first kappa shape index (κ1) is 14.8. The fourth-order valence-corrected chi connectivity index (χ4v) is 3.33. The zero-order valence-electron chi connectivity index (χ0n) is 12.5. The van der Waals surface area contributed by atoms with E-state index in [1.807, 2.05) is 6.92 Å². The van der Waals surface area contributed by atoms with E-state index in [1.165, 1.54) is 0 Å². The molecule has 1 aliphatic carbocycles. The molecule has 2 aliphatic rings. The Hall–Kier alpha value is -0.610. The van der Waals surface area contributed by atoms with Crippen molar-refractivity contribution >= 4 is 5.97 Å². The summed E-state index contributed by atoms with van der Waals surface area (Å²) in [5.74, 6) is -0.0847. The molecule has 2 unspecified atom stereocenters. The Kier molecular flexibility index (Phi) is 4.51. The highest BCUT2D eigenvalue weighted by Crippen LogP contribution is 2.44. The molecule has 0 aromatic rings. The van der Waals surface area contributed by atoms with Gasteiger partial charge in [-0.3, -0.25) is 10.1 Å². The minimum Gasteiger partial charge on any atom is -0.465 e. The van der Waals surface area contributed by atoms with Crippen LogP contribution >= 0.6 is 0 Å². The van der Waals surface area contributed by atoms with Crippen molar-refractivity contribution in [1.82, 2.24) is 5.32 Å². The zero-order chi connectivity index (χ0) is 13.9. The summed E-state index contributed by atoms with van der Waals surface area (Å²) in [5.41, 5.74) is -0.290. The largest absolute Gasteiger partial charge is 0.465 e. The second-order valence-electron chi connectivity index (χ2n) is 6.66. The lowest BCUT2D eigenvalue weighted by Crippen LogP contribution is -2.53. The van der Waals surface area contributed by atoms with Gasteiger partial charge in [0, 0.05) is 13.2 Å². The average molecular weight is 269 g/mol. The zero-order valence-corrected chi connectivity index (χ0v) is 12.5. The molecule has 0 spiro atoms. The van der Waals surface area contributed by atoms with E-state index in [0.717, 1.165) is 45.3 Å². The van der Waals surface area contributed by atoms with Gasteiger partial charge in [-0.25, -0.2) is 0 Å². The second-order valence-corrected chi connectivity index (χ2v) is 6.66. The van der Waals surface area contributed by atoms with E-state index in [9.17, 15) is 4.79 Å². The van der Waals surface area contributed by atoms with Crippen LogP contribution in [0, 0.1) is 5.41 Å². The highest BCUT2D eigenvalue weighted by molar-refractivity contribution is 5.81. The summed E-state index contributed by atoms with van der Waals surface area (Å²) < 4.78 is 10.9. The molecule has 4 nitrogen and oxygen atoms in total. The van der Waals surface area contributed by atoms with Crippen molar-refractivity contribution in [2.45, 2.75) is 64.5 Å². The van der Waals surface area contributed by atoms with Crippen LogP contribution in [-0.2, 0) is 14.3 Å². The lowest BCUT2D eigenvalue weighted by molar-refractivity contribution is -0.151. The molecule has 1 saturated heterocycles. The van der Waals surface area contributed by atoms with Gasteiger partial charge in [0.05, 0.1) is 12.7 Å². The van der Waals surface area contributed by atoms with E-state index in [2.05, 4.69) is 19.2 Å². The number of rotatable bonds is 5. The third-order valence-corrected chi connectivity index (χ3v) is 4.37. The molecule has 2 atom stereocenters. The number of ether oxygens (including phenoxy) is 2. The molecule has 1 N–H and O–H groups in total. The lowest BCUT2D eigenvalue weighted by Gasteiger charge is -2.31. The number of hydrogen-bond donors (Lipinski definition) is 1. The number of nitrogens with one attached hydrogen (secondary N) is 1. The van der Waals surface area contributed by atoms with Crippen LogP contribution in [0.2, 0.25) is 0 Å². The molecule has 1 aliphatic heterocycles. The topological polar surface area (TPSA) is 47.6 Å². The van der Waals surface area contributed by atoms with E-state index in [0.29, 0.717) is 6.61 Å². The van der Waals surface area contributed by atoms with Crippen LogP contribution in [0.4, 0.5) is 0 Å². The van der Waals surface area contributed by atoms with Crippen molar-refractivity contribution in [1.29, 1.82) is 0 Å². The van der Waals surface area contributed by atoms with E-state index in [-0.39, 0.29) is 17.5 Å². The van der Waals surface area contributed by atoms with Crippen LogP contribution in [0.1, 0.15) is 52.9 Å². The summed E-state index contributed by atoms with van der Waals surface area (Å²) in [6.45, 7) is 8.37. The van der Waals surface area contributed by atoms with E-state index < -0.39 is 5.54 Å². The van der Waals surface area contributed by atoms with Crippen LogP contribution in [0.15, 0.2) is 0 Å². The molecule has 2 fully saturated rings. The predicted octanol–water partition coefficient (Wildman–Crippen LogP) is 2.27. The van der Waals surface area contributed by atoms with Gasteiger partial charge in [0.2, 0.25) is 0 Å². The van der Waals surface area contributed by atoms with Gasteiger partial charge >= 0.3 is 5.97 Å². The Morgan fingerprint density at radius 3 is 2.74 bits per heavy atom. The van der Waals surface area contributed by atoms with Crippen LogP contribution in [0.5, 0.6) is 0 Å². The minimum atomic E-state index is -0.495. The van der Waals surface area contributed by atoms with Gasteiger partial charge in [0.1, 0.15) is 5.54 Å². The first-order valence-electron chi connectivity index (χ1n) is 7.51. The third-order valence-electron chi connectivity index (χ3n) is 4.37. The molecule has 1 saturated carbocycles. The summed E-state index contributed by atoms with van der Waals surface area (Å²) in [7, 11) is 0. The molecular weight excluding hydrogens is 242 g/mol. The number of carbonyl (C=O) groups excluding carboxylic acids is 1. The highest BCUT2D eigenvalue weighted by Gasteiger charge is 2.49. The summed E-state index contributed by atoms with van der Waals surface area (Å²) in [6.07, 6.45) is 5.26. The van der Waals surface area contributed by atoms with Crippen molar-refractivity contribution in [2.75, 3.05) is 19.8 Å². The Balaban J connectivity index is 1.99. The molecule has 0 aromatic carbocycles. The predicted molar refractivity (Wildman–Crippen MR) is 74.0 cm³/mol. The molecule has 110 valence electrons. The summed E-state index contributed by atoms with van der Waals surface area (Å²) in [4.78, 5) is 12.3. The lowest BCUT2D eigenvalue weighted by atomic mass is 9.87. The summed E-state index contributed by atoms with van der Waals surface area (Å²) in [5, 5.41) is 3.48. The van der Waals surface area contributed by atoms with E-state index >= 15 is 0 Å². The Morgan fingerprint density at radius 1 is 1.42 bits per heavy atom. The quantitative estimate of drug-likeness (QED) is 0.778. The van der Waals surface area contributed by atoms with Gasteiger partial charge < -0.3 is 9.47 Å². The first-order valence-corrected chi connectivity index (χ1v) is 7.51. The maximum atomic E-state index is 12.3. The van der Waals surface area contributed by atoms with Gasteiger partial charge in [0.15, 0.2) is 0 Å². The number of hydrogen-bond acceptors (Lipinski definition) is 4. The average Bonchev–Trinajstić information content (AvgIpc) is 2.95. The molecule has 19 heavy (non-hydrogen) atoms. The Labute approximate surface area is 116 Å². The molecule has 1 heterocycles. The van der Waals surface area contributed by atoms with Crippen LogP contribution in [0.3, 0.4) is 0 Å². The second kappa shape index (κ2) is 5.80. The van der Waals surface area contributed by atoms with Gasteiger partial charge in [-0.1, -0.05) is 13.8 Å². The Bertz CT molecular complexity index is 323. The van der Waals surface area contributed by atoms with Gasteiger partial charge in [-0.15, -0.1) is 0 Å². The minimum absolute atomic E-state index is 0.0847. The molecule has 0 aromatic heterocycles. The summed E-state index contributed by atoms with van der Waals surface area (Å²) >= 11 is 0. The summed E-state index contributed by atoms with van der Waals surface area (Å²) in [6, 6.07) is 0. The normalized spacial score (nSPS) is 33.5. The van der Waals surface area contributed by atoms with Crippen LogP contribution in [-0.4, -0.2) is 37.4 Å². The van der Waals surface area contributed by atoms with Crippen molar-refractivity contribution < 1.29 is 14.3 Å². The van der Waals surface area contributed by atoms with Gasteiger partial charge in [-0.2, -0.15) is 0 Å². The maximum Gasteiger partial charge on any atom is 0.326 e. The molecule has 2 rings (SSSR count). The Morgan fingerprint density at radius 2 is 2.21 bits per heavy atom. The fraction of sp³-hybridized carbons (Fsp3) is 0.933. The van der Waals surface area contributed by atoms with Crippen molar-refractivity contribution in [2.24, 2.45) is 5.41 Å². The van der Waals surface area contributed by atoms with E-state index in [1.54, 1.807) is 0 Å². The first-order chi connectivity index (χ1) is 8.97. The number of esters is 1. The molecule has 0 bridgehead atoms. The third kappa shape index (κ3) is 3.48.